The molecule has 2 aliphatic heterocycles. The van der Waals surface area contributed by atoms with Crippen LogP contribution in [-0.2, 0) is 23.8 Å². The van der Waals surface area contributed by atoms with E-state index in [1.54, 1.807) is 0 Å². The zero-order valence-electron chi connectivity index (χ0n) is 16.3. The van der Waals surface area contributed by atoms with Gasteiger partial charge >= 0.3 is 6.18 Å². The van der Waals surface area contributed by atoms with Gasteiger partial charge in [0.2, 0.25) is 5.91 Å². The lowest BCUT2D eigenvalue weighted by atomic mass is 9.91. The second kappa shape index (κ2) is 8.19. The zero-order valence-corrected chi connectivity index (χ0v) is 16.3. The SMILES string of the molecule is O=C(Cc1ccc(C(F)(F)F)cc1)N1CCc2ccccc2[C@@H]1CN1CCCC1. The summed E-state index contributed by atoms with van der Waals surface area (Å²) in [5, 5.41) is 0. The molecule has 2 aliphatic rings. The molecule has 0 spiro atoms. The minimum absolute atomic E-state index is 0.00000152. The maximum atomic E-state index is 13.1. The van der Waals surface area contributed by atoms with E-state index in [4.69, 9.17) is 0 Å². The van der Waals surface area contributed by atoms with E-state index >= 15 is 0 Å². The molecule has 154 valence electrons. The van der Waals surface area contributed by atoms with Gasteiger partial charge in [-0.05, 0) is 61.2 Å². The van der Waals surface area contributed by atoms with Crippen LogP contribution in [0.3, 0.4) is 0 Å². The molecule has 1 fully saturated rings. The molecule has 0 unspecified atom stereocenters. The molecule has 2 aromatic rings. The lowest BCUT2D eigenvalue weighted by Crippen LogP contribution is -2.45. The monoisotopic (exact) mass is 402 g/mol. The number of carbonyl (C=O) groups is 1. The number of halogens is 3. The Morgan fingerprint density at radius 1 is 0.966 bits per heavy atom. The number of benzene rings is 2. The first kappa shape index (κ1) is 20.0. The van der Waals surface area contributed by atoms with Crippen LogP contribution in [0.4, 0.5) is 13.2 Å². The lowest BCUT2D eigenvalue weighted by Gasteiger charge is -2.39. The van der Waals surface area contributed by atoms with Crippen LogP contribution in [0.25, 0.3) is 0 Å². The highest BCUT2D eigenvalue weighted by atomic mass is 19.4. The number of hydrogen-bond donors (Lipinski definition) is 0. The highest BCUT2D eigenvalue weighted by Gasteiger charge is 2.33. The van der Waals surface area contributed by atoms with E-state index in [9.17, 15) is 18.0 Å². The number of carbonyl (C=O) groups excluding carboxylic acids is 1. The van der Waals surface area contributed by atoms with E-state index in [2.05, 4.69) is 17.0 Å². The Labute approximate surface area is 169 Å². The molecule has 4 rings (SSSR count). The van der Waals surface area contributed by atoms with Gasteiger partial charge in [0.15, 0.2) is 0 Å². The summed E-state index contributed by atoms with van der Waals surface area (Å²) in [4.78, 5) is 17.5. The van der Waals surface area contributed by atoms with Crippen LogP contribution in [0.15, 0.2) is 48.5 Å². The molecular formula is C23H25F3N2O. The van der Waals surface area contributed by atoms with Crippen LogP contribution in [-0.4, -0.2) is 41.9 Å². The Hall–Kier alpha value is -2.34. The molecule has 2 heterocycles. The number of likely N-dealkylation sites (tertiary alicyclic amines) is 1. The van der Waals surface area contributed by atoms with Crippen LogP contribution in [0.1, 0.15) is 41.1 Å². The first-order chi connectivity index (χ1) is 13.9. The molecule has 0 aliphatic carbocycles. The zero-order chi connectivity index (χ0) is 20.4. The average molecular weight is 402 g/mol. The van der Waals surface area contributed by atoms with E-state index in [1.165, 1.54) is 36.1 Å². The van der Waals surface area contributed by atoms with E-state index in [0.717, 1.165) is 38.2 Å². The van der Waals surface area contributed by atoms with Gasteiger partial charge in [0.25, 0.3) is 0 Å². The van der Waals surface area contributed by atoms with E-state index in [1.807, 2.05) is 17.0 Å². The summed E-state index contributed by atoms with van der Waals surface area (Å²) in [6.45, 7) is 3.57. The van der Waals surface area contributed by atoms with Crippen molar-refractivity contribution in [2.24, 2.45) is 0 Å². The quantitative estimate of drug-likeness (QED) is 0.753. The van der Waals surface area contributed by atoms with Crippen molar-refractivity contribution in [1.82, 2.24) is 9.80 Å². The van der Waals surface area contributed by atoms with E-state index in [-0.39, 0.29) is 18.4 Å². The van der Waals surface area contributed by atoms with E-state index in [0.29, 0.717) is 12.1 Å². The summed E-state index contributed by atoms with van der Waals surface area (Å²) < 4.78 is 38.3. The van der Waals surface area contributed by atoms with Crippen molar-refractivity contribution < 1.29 is 18.0 Å². The van der Waals surface area contributed by atoms with Crippen molar-refractivity contribution in [2.75, 3.05) is 26.2 Å². The van der Waals surface area contributed by atoms with Crippen LogP contribution < -0.4 is 0 Å². The van der Waals surface area contributed by atoms with Crippen LogP contribution >= 0.6 is 0 Å². The second-order valence-corrected chi connectivity index (χ2v) is 7.93. The van der Waals surface area contributed by atoms with Crippen LogP contribution in [0.5, 0.6) is 0 Å². The minimum atomic E-state index is -4.36. The maximum Gasteiger partial charge on any atom is 0.416 e. The molecule has 0 radical (unpaired) electrons. The van der Waals surface area contributed by atoms with Gasteiger partial charge in [0, 0.05) is 13.1 Å². The number of amides is 1. The molecule has 1 atom stereocenters. The fourth-order valence-electron chi connectivity index (χ4n) is 4.44. The summed E-state index contributed by atoms with van der Waals surface area (Å²) in [6, 6.07) is 13.2. The predicted molar refractivity (Wildman–Crippen MR) is 105 cm³/mol. The number of nitrogens with zero attached hydrogens (tertiary/aromatic N) is 2. The molecule has 1 amide bonds. The number of rotatable bonds is 4. The smallest absolute Gasteiger partial charge is 0.334 e. The third kappa shape index (κ3) is 4.47. The molecule has 0 aromatic heterocycles. The molecule has 6 heteroatoms. The molecule has 2 aromatic carbocycles. The minimum Gasteiger partial charge on any atom is -0.334 e. The highest BCUT2D eigenvalue weighted by Crippen LogP contribution is 2.32. The summed E-state index contributed by atoms with van der Waals surface area (Å²) in [5.74, 6) is -0.0246. The van der Waals surface area contributed by atoms with Gasteiger partial charge in [-0.1, -0.05) is 36.4 Å². The van der Waals surface area contributed by atoms with Gasteiger partial charge in [0.1, 0.15) is 0 Å². The lowest BCUT2D eigenvalue weighted by molar-refractivity contribution is -0.137. The van der Waals surface area contributed by atoms with Crippen molar-refractivity contribution in [2.45, 2.75) is 37.9 Å². The first-order valence-corrected chi connectivity index (χ1v) is 10.2. The van der Waals surface area contributed by atoms with Gasteiger partial charge in [-0.15, -0.1) is 0 Å². The fourth-order valence-corrected chi connectivity index (χ4v) is 4.44. The topological polar surface area (TPSA) is 23.6 Å². The summed E-state index contributed by atoms with van der Waals surface area (Å²) in [7, 11) is 0. The van der Waals surface area contributed by atoms with Crippen molar-refractivity contribution in [3.63, 3.8) is 0 Å². The predicted octanol–water partition coefficient (Wildman–Crippen LogP) is 4.47. The van der Waals surface area contributed by atoms with Crippen molar-refractivity contribution in [1.29, 1.82) is 0 Å². The van der Waals surface area contributed by atoms with Crippen molar-refractivity contribution in [3.8, 4) is 0 Å². The third-order valence-electron chi connectivity index (χ3n) is 6.00. The number of fused-ring (bicyclic) bond motifs is 1. The van der Waals surface area contributed by atoms with Gasteiger partial charge in [-0.2, -0.15) is 13.2 Å². The van der Waals surface area contributed by atoms with Gasteiger partial charge < -0.3 is 9.80 Å². The van der Waals surface area contributed by atoms with Crippen molar-refractivity contribution >= 4 is 5.91 Å². The molecular weight excluding hydrogens is 377 g/mol. The van der Waals surface area contributed by atoms with Gasteiger partial charge in [0.05, 0.1) is 18.0 Å². The van der Waals surface area contributed by atoms with Gasteiger partial charge in [-0.3, -0.25) is 4.79 Å². The molecule has 0 saturated carbocycles. The summed E-state index contributed by atoms with van der Waals surface area (Å²) in [6.07, 6.45) is -1.05. The standard InChI is InChI=1S/C23H25F3N2O/c24-23(25,26)19-9-7-17(8-10-19)15-22(29)28-14-11-18-5-1-2-6-20(18)21(28)16-27-12-3-4-13-27/h1-2,5-10,21H,3-4,11-16H2/t21-/m0/s1. The molecule has 29 heavy (non-hydrogen) atoms. The molecule has 0 N–H and O–H groups in total. The van der Waals surface area contributed by atoms with Crippen LogP contribution in [0.2, 0.25) is 0 Å². The first-order valence-electron chi connectivity index (χ1n) is 10.2. The summed E-state index contributed by atoms with van der Waals surface area (Å²) in [5.41, 5.74) is 2.41. The molecule has 3 nitrogen and oxygen atoms in total. The molecule has 1 saturated heterocycles. The van der Waals surface area contributed by atoms with Crippen molar-refractivity contribution in [3.05, 3.63) is 70.8 Å². The normalized spacial score (nSPS) is 20.0. The summed E-state index contributed by atoms with van der Waals surface area (Å²) >= 11 is 0. The van der Waals surface area contributed by atoms with Crippen LogP contribution in [0, 0.1) is 0 Å². The Balaban J connectivity index is 1.52. The second-order valence-electron chi connectivity index (χ2n) is 7.93. The highest BCUT2D eigenvalue weighted by molar-refractivity contribution is 5.79. The Bertz CT molecular complexity index is 857. The van der Waals surface area contributed by atoms with E-state index < -0.39 is 11.7 Å². The fraction of sp³-hybridized carbons (Fsp3) is 0.435. The average Bonchev–Trinajstić information content (AvgIpc) is 3.21. The third-order valence-corrected chi connectivity index (χ3v) is 6.00. The maximum absolute atomic E-state index is 13.1. The Morgan fingerprint density at radius 3 is 2.34 bits per heavy atom. The largest absolute Gasteiger partial charge is 0.416 e. The Kier molecular flexibility index (Phi) is 5.63. The Morgan fingerprint density at radius 2 is 1.66 bits per heavy atom. The molecule has 0 bridgehead atoms. The van der Waals surface area contributed by atoms with Gasteiger partial charge in [-0.25, -0.2) is 0 Å². The number of hydrogen-bond acceptors (Lipinski definition) is 2. The number of alkyl halides is 3.